The van der Waals surface area contributed by atoms with Gasteiger partial charge in [0.1, 0.15) is 0 Å². The molecular weight excluding hydrogens is 328 g/mol. The van der Waals surface area contributed by atoms with Gasteiger partial charge in [0.05, 0.1) is 13.2 Å². The maximum Gasteiger partial charge on any atom is 0.0525 e. The maximum atomic E-state index is 9.77. The van der Waals surface area contributed by atoms with Crippen LogP contribution in [0.5, 0.6) is 0 Å². The van der Waals surface area contributed by atoms with Gasteiger partial charge in [-0.15, -0.1) is 0 Å². The first-order valence-electron chi connectivity index (χ1n) is 9.01. The summed E-state index contributed by atoms with van der Waals surface area (Å²) in [5.74, 6) is 0. The highest BCUT2D eigenvalue weighted by atomic mass is 32.2. The van der Waals surface area contributed by atoms with Gasteiger partial charge in [0.2, 0.25) is 0 Å². The molecule has 0 aliphatic rings. The minimum atomic E-state index is -0.198. The Bertz CT molecular complexity index is 628. The van der Waals surface area contributed by atoms with Gasteiger partial charge in [-0.25, -0.2) is 0 Å². The summed E-state index contributed by atoms with van der Waals surface area (Å²) in [5, 5.41) is 19.5. The van der Waals surface area contributed by atoms with Crippen molar-refractivity contribution in [3.05, 3.63) is 59.7 Å². The molecule has 2 unspecified atom stereocenters. The van der Waals surface area contributed by atoms with Crippen molar-refractivity contribution in [2.75, 3.05) is 13.2 Å². The van der Waals surface area contributed by atoms with E-state index >= 15 is 0 Å². The minimum Gasteiger partial charge on any atom is -0.395 e. The Hall–Kier alpha value is -1.29. The monoisotopic (exact) mass is 358 g/mol. The summed E-state index contributed by atoms with van der Waals surface area (Å²) in [7, 11) is 0. The number of hydrogen-bond donors (Lipinski definition) is 2. The van der Waals surface area contributed by atoms with Gasteiger partial charge in [-0.3, -0.25) is 0 Å². The first kappa shape index (κ1) is 20.0. The molecule has 2 N–H and O–H groups in total. The van der Waals surface area contributed by atoms with Crippen LogP contribution >= 0.6 is 11.8 Å². The van der Waals surface area contributed by atoms with Gasteiger partial charge in [0, 0.05) is 20.6 Å². The SMILES string of the molecule is CCC(C)(CO)c1cccc(Sc2cccc(C(C)(CC)CO)c2)c1. The molecule has 0 saturated heterocycles. The van der Waals surface area contributed by atoms with Crippen LogP contribution in [0.25, 0.3) is 0 Å². The van der Waals surface area contributed by atoms with E-state index in [9.17, 15) is 10.2 Å². The fraction of sp³-hybridized carbons (Fsp3) is 0.455. The molecule has 0 heterocycles. The van der Waals surface area contributed by atoms with Gasteiger partial charge >= 0.3 is 0 Å². The van der Waals surface area contributed by atoms with Gasteiger partial charge in [-0.1, -0.05) is 63.7 Å². The van der Waals surface area contributed by atoms with Gasteiger partial charge < -0.3 is 10.2 Å². The summed E-state index contributed by atoms with van der Waals surface area (Å²) < 4.78 is 0. The number of benzene rings is 2. The largest absolute Gasteiger partial charge is 0.395 e. The first-order valence-corrected chi connectivity index (χ1v) is 9.83. The Balaban J connectivity index is 2.29. The van der Waals surface area contributed by atoms with Crippen LogP contribution < -0.4 is 0 Å². The third-order valence-corrected chi connectivity index (χ3v) is 6.54. The molecule has 0 aliphatic heterocycles. The van der Waals surface area contributed by atoms with Gasteiger partial charge in [0.15, 0.2) is 0 Å². The van der Waals surface area contributed by atoms with Crippen molar-refractivity contribution in [3.63, 3.8) is 0 Å². The molecule has 0 amide bonds. The third-order valence-electron chi connectivity index (χ3n) is 5.56. The van der Waals surface area contributed by atoms with Crippen molar-refractivity contribution in [1.82, 2.24) is 0 Å². The highest BCUT2D eigenvalue weighted by molar-refractivity contribution is 7.99. The lowest BCUT2D eigenvalue weighted by molar-refractivity contribution is 0.201. The van der Waals surface area contributed by atoms with E-state index in [1.54, 1.807) is 11.8 Å². The van der Waals surface area contributed by atoms with E-state index in [2.05, 4.69) is 76.2 Å². The highest BCUT2D eigenvalue weighted by Gasteiger charge is 2.25. The normalized spacial score (nSPS) is 16.2. The summed E-state index contributed by atoms with van der Waals surface area (Å²) >= 11 is 1.73. The molecule has 136 valence electrons. The zero-order chi connectivity index (χ0) is 18.5. The molecule has 0 aromatic heterocycles. The fourth-order valence-corrected chi connectivity index (χ4v) is 3.76. The molecule has 0 spiro atoms. The second kappa shape index (κ2) is 8.39. The van der Waals surface area contributed by atoms with Crippen LogP contribution in [0.15, 0.2) is 58.3 Å². The van der Waals surface area contributed by atoms with Crippen molar-refractivity contribution in [2.24, 2.45) is 0 Å². The second-order valence-corrected chi connectivity index (χ2v) is 8.45. The Morgan fingerprint density at radius 2 is 1.16 bits per heavy atom. The standard InChI is InChI=1S/C22H30O2S/c1-5-21(3,15-23)17-9-7-11-19(13-17)25-20-12-8-10-18(14-20)22(4,6-2)16-24/h7-14,23-24H,5-6,15-16H2,1-4H3. The quantitative estimate of drug-likeness (QED) is 0.685. The zero-order valence-electron chi connectivity index (χ0n) is 15.7. The lowest BCUT2D eigenvalue weighted by Gasteiger charge is -2.27. The molecule has 2 nitrogen and oxygen atoms in total. The Labute approximate surface area is 156 Å². The molecule has 2 rings (SSSR count). The Morgan fingerprint density at radius 1 is 0.760 bits per heavy atom. The maximum absolute atomic E-state index is 9.77. The van der Waals surface area contributed by atoms with E-state index in [1.165, 1.54) is 20.9 Å². The summed E-state index contributed by atoms with van der Waals surface area (Å²) in [6.45, 7) is 8.73. The van der Waals surface area contributed by atoms with Gasteiger partial charge in [0.25, 0.3) is 0 Å². The molecular formula is C22H30O2S. The second-order valence-electron chi connectivity index (χ2n) is 7.30. The molecule has 0 bridgehead atoms. The summed E-state index contributed by atoms with van der Waals surface area (Å²) in [4.78, 5) is 2.34. The molecule has 0 fully saturated rings. The molecule has 2 aromatic rings. The summed E-state index contributed by atoms with van der Waals surface area (Å²) in [6, 6.07) is 16.9. The molecule has 0 radical (unpaired) electrons. The van der Waals surface area contributed by atoms with Crippen molar-refractivity contribution in [1.29, 1.82) is 0 Å². The van der Waals surface area contributed by atoms with Crippen LogP contribution in [0, 0.1) is 0 Å². The lowest BCUT2D eigenvalue weighted by atomic mass is 9.81. The predicted octanol–water partition coefficient (Wildman–Crippen LogP) is 5.16. The van der Waals surface area contributed by atoms with Crippen LogP contribution in [-0.2, 0) is 10.8 Å². The van der Waals surface area contributed by atoms with Crippen molar-refractivity contribution in [2.45, 2.75) is 61.2 Å². The average molecular weight is 359 g/mol. The Morgan fingerprint density at radius 3 is 1.48 bits per heavy atom. The first-order chi connectivity index (χ1) is 11.9. The Kier molecular flexibility index (Phi) is 6.72. The molecule has 2 atom stereocenters. The topological polar surface area (TPSA) is 40.5 Å². The van der Waals surface area contributed by atoms with E-state index < -0.39 is 0 Å². The van der Waals surface area contributed by atoms with E-state index in [-0.39, 0.29) is 24.0 Å². The van der Waals surface area contributed by atoms with Crippen molar-refractivity contribution in [3.8, 4) is 0 Å². The number of aliphatic hydroxyl groups is 2. The highest BCUT2D eigenvalue weighted by Crippen LogP contribution is 2.35. The van der Waals surface area contributed by atoms with E-state index in [0.717, 1.165) is 12.8 Å². The number of hydrogen-bond acceptors (Lipinski definition) is 3. The van der Waals surface area contributed by atoms with Crippen molar-refractivity contribution < 1.29 is 10.2 Å². The van der Waals surface area contributed by atoms with E-state index in [1.807, 2.05) is 0 Å². The van der Waals surface area contributed by atoms with Crippen LogP contribution in [0.4, 0.5) is 0 Å². The minimum absolute atomic E-state index is 0.151. The molecule has 0 aliphatic carbocycles. The van der Waals surface area contributed by atoms with E-state index in [4.69, 9.17) is 0 Å². The number of aliphatic hydroxyl groups excluding tert-OH is 2. The molecule has 3 heteroatoms. The molecule has 2 aromatic carbocycles. The van der Waals surface area contributed by atoms with Crippen LogP contribution in [-0.4, -0.2) is 23.4 Å². The van der Waals surface area contributed by atoms with Crippen LogP contribution in [0.3, 0.4) is 0 Å². The van der Waals surface area contributed by atoms with Crippen LogP contribution in [0.1, 0.15) is 51.7 Å². The summed E-state index contributed by atoms with van der Waals surface area (Å²) in [6.07, 6.45) is 1.80. The van der Waals surface area contributed by atoms with E-state index in [0.29, 0.717) is 0 Å². The fourth-order valence-electron chi connectivity index (χ4n) is 2.82. The predicted molar refractivity (Wildman–Crippen MR) is 106 cm³/mol. The zero-order valence-corrected chi connectivity index (χ0v) is 16.6. The third kappa shape index (κ3) is 4.46. The lowest BCUT2D eigenvalue weighted by Crippen LogP contribution is -2.25. The number of rotatable bonds is 8. The smallest absolute Gasteiger partial charge is 0.0525 e. The average Bonchev–Trinajstić information content (AvgIpc) is 2.67. The van der Waals surface area contributed by atoms with Crippen molar-refractivity contribution >= 4 is 11.8 Å². The molecule has 0 saturated carbocycles. The summed E-state index contributed by atoms with van der Waals surface area (Å²) in [5.41, 5.74) is 1.95. The molecule has 25 heavy (non-hydrogen) atoms. The van der Waals surface area contributed by atoms with Gasteiger partial charge in [-0.05, 0) is 48.2 Å². The van der Waals surface area contributed by atoms with Crippen LogP contribution in [0.2, 0.25) is 0 Å². The van der Waals surface area contributed by atoms with Gasteiger partial charge in [-0.2, -0.15) is 0 Å².